The van der Waals surface area contributed by atoms with Gasteiger partial charge in [-0.15, -0.1) is 0 Å². The molecule has 6 rings (SSSR count). The molecule has 3 heterocycles. The molecule has 0 amide bonds. The van der Waals surface area contributed by atoms with E-state index in [4.69, 9.17) is 4.74 Å². The lowest BCUT2D eigenvalue weighted by Gasteiger charge is -2.43. The molecule has 1 atom stereocenters. The van der Waals surface area contributed by atoms with Crippen LogP contribution in [0.2, 0.25) is 0 Å². The topological polar surface area (TPSA) is 27.7 Å². The minimum absolute atomic E-state index is 0.0248. The van der Waals surface area contributed by atoms with Gasteiger partial charge in [-0.3, -0.25) is 4.90 Å². The fourth-order valence-corrected chi connectivity index (χ4v) is 7.14. The zero-order valence-corrected chi connectivity index (χ0v) is 22.8. The molecule has 4 nitrogen and oxygen atoms in total. The molecule has 34 heavy (non-hydrogen) atoms. The largest absolute Gasteiger partial charge is 0.379 e. The van der Waals surface area contributed by atoms with E-state index in [0.29, 0.717) is 12.1 Å². The predicted molar refractivity (Wildman–Crippen MR) is 151 cm³/mol. The first-order valence-electron chi connectivity index (χ1n) is 13.0. The molecule has 1 N–H and O–H groups in total. The van der Waals surface area contributed by atoms with E-state index in [1.165, 1.54) is 55.6 Å². The van der Waals surface area contributed by atoms with Crippen molar-refractivity contribution in [2.24, 2.45) is 0 Å². The molecule has 0 radical (unpaired) electrons. The average molecular weight is 570 g/mol. The van der Waals surface area contributed by atoms with Crippen LogP contribution in [-0.2, 0) is 16.6 Å². The van der Waals surface area contributed by atoms with Gasteiger partial charge in [0.15, 0.2) is 0 Å². The van der Waals surface area contributed by atoms with Crippen LogP contribution in [0.3, 0.4) is 0 Å². The number of benzene rings is 2. The highest BCUT2D eigenvalue weighted by Gasteiger charge is 2.43. The highest BCUT2D eigenvalue weighted by atomic mass is 127. The van der Waals surface area contributed by atoms with Gasteiger partial charge < -0.3 is 15.0 Å². The van der Waals surface area contributed by atoms with Crippen LogP contribution in [0, 0.1) is 3.57 Å². The van der Waals surface area contributed by atoms with Gasteiger partial charge >= 0.3 is 0 Å². The van der Waals surface area contributed by atoms with Crippen LogP contribution in [-0.4, -0.2) is 56.4 Å². The summed E-state index contributed by atoms with van der Waals surface area (Å²) >= 11 is 2.42. The third-order valence-corrected chi connectivity index (χ3v) is 9.30. The lowest BCUT2D eigenvalue weighted by Crippen LogP contribution is -2.49. The molecular weight excluding hydrogens is 533 g/mol. The fourth-order valence-electron chi connectivity index (χ4n) is 6.65. The Morgan fingerprint density at radius 3 is 2.56 bits per heavy atom. The third-order valence-electron chi connectivity index (χ3n) is 8.63. The first kappa shape index (κ1) is 22.9. The molecule has 0 saturated carbocycles. The van der Waals surface area contributed by atoms with Crippen LogP contribution in [0.4, 0.5) is 11.4 Å². The fraction of sp³-hybridized carbons (Fsp3) is 0.517. The standard InChI is InChI=1S/C29H36IN3O/c1-4-19-15-20-16-24-23-6-5-21(30)17-26(23)31-28(24)29(2,3)25(20)18-27(19)33-9-7-22(8-10-33)32-11-13-34-14-12-32/h5-6,15-18,22,28,31H,4,7-14H2,1-3H3. The van der Waals surface area contributed by atoms with Gasteiger partial charge in [0.1, 0.15) is 0 Å². The second kappa shape index (κ2) is 8.82. The van der Waals surface area contributed by atoms with Gasteiger partial charge in [0.25, 0.3) is 0 Å². The van der Waals surface area contributed by atoms with Crippen molar-refractivity contribution in [2.75, 3.05) is 49.6 Å². The summed E-state index contributed by atoms with van der Waals surface area (Å²) in [5.74, 6) is 0. The molecule has 0 spiro atoms. The van der Waals surface area contributed by atoms with E-state index < -0.39 is 0 Å². The number of anilines is 2. The second-order valence-corrected chi connectivity index (χ2v) is 12.1. The Hall–Kier alpha value is -1.57. The molecule has 0 bridgehead atoms. The van der Waals surface area contributed by atoms with Crippen molar-refractivity contribution in [3.63, 3.8) is 0 Å². The third kappa shape index (κ3) is 3.79. The molecule has 2 saturated heterocycles. The maximum Gasteiger partial charge on any atom is 0.0612 e. The van der Waals surface area contributed by atoms with Crippen molar-refractivity contribution in [1.82, 2.24) is 4.90 Å². The van der Waals surface area contributed by atoms with Gasteiger partial charge in [-0.2, -0.15) is 0 Å². The molecule has 1 unspecified atom stereocenters. The average Bonchev–Trinajstić information content (AvgIpc) is 3.22. The van der Waals surface area contributed by atoms with Crippen molar-refractivity contribution in [3.8, 4) is 0 Å². The van der Waals surface area contributed by atoms with Gasteiger partial charge in [-0.25, -0.2) is 0 Å². The van der Waals surface area contributed by atoms with Crippen molar-refractivity contribution in [2.45, 2.75) is 57.5 Å². The molecule has 5 heteroatoms. The molecule has 3 aliphatic heterocycles. The molecule has 180 valence electrons. The summed E-state index contributed by atoms with van der Waals surface area (Å²) in [7, 11) is 0. The zero-order valence-electron chi connectivity index (χ0n) is 20.7. The summed E-state index contributed by atoms with van der Waals surface area (Å²) in [5.41, 5.74) is 9.98. The van der Waals surface area contributed by atoms with E-state index in [1.54, 1.807) is 0 Å². The Bertz CT molecular complexity index is 1130. The number of halogens is 1. The van der Waals surface area contributed by atoms with Crippen LogP contribution in [0.25, 0.3) is 11.6 Å². The van der Waals surface area contributed by atoms with E-state index in [9.17, 15) is 0 Å². The Morgan fingerprint density at radius 1 is 1.06 bits per heavy atom. The minimum Gasteiger partial charge on any atom is -0.379 e. The molecule has 2 aromatic rings. The summed E-state index contributed by atoms with van der Waals surface area (Å²) in [5, 5.41) is 3.88. The molecule has 0 aromatic heterocycles. The van der Waals surface area contributed by atoms with E-state index >= 15 is 0 Å². The van der Waals surface area contributed by atoms with Crippen LogP contribution in [0.15, 0.2) is 30.3 Å². The van der Waals surface area contributed by atoms with E-state index in [0.717, 1.165) is 45.8 Å². The van der Waals surface area contributed by atoms with E-state index in [-0.39, 0.29) is 5.41 Å². The van der Waals surface area contributed by atoms with Crippen molar-refractivity contribution in [1.29, 1.82) is 0 Å². The van der Waals surface area contributed by atoms with Gasteiger partial charge in [0, 0.05) is 58.1 Å². The zero-order chi connectivity index (χ0) is 23.4. The molecule has 2 aromatic carbocycles. The van der Waals surface area contributed by atoms with Gasteiger partial charge in [-0.1, -0.05) is 26.8 Å². The predicted octanol–water partition coefficient (Wildman–Crippen LogP) is 5.78. The highest BCUT2D eigenvalue weighted by Crippen LogP contribution is 2.50. The van der Waals surface area contributed by atoms with Crippen molar-refractivity contribution >= 4 is 45.6 Å². The van der Waals surface area contributed by atoms with Crippen LogP contribution in [0.1, 0.15) is 55.9 Å². The first-order chi connectivity index (χ1) is 16.5. The van der Waals surface area contributed by atoms with E-state index in [1.807, 2.05) is 0 Å². The lowest BCUT2D eigenvalue weighted by molar-refractivity contribution is 0.0115. The number of nitrogens with zero attached hydrogens (tertiary/aromatic N) is 2. The highest BCUT2D eigenvalue weighted by molar-refractivity contribution is 14.1. The first-order valence-corrected chi connectivity index (χ1v) is 14.1. The number of morpholine rings is 1. The number of hydrogen-bond acceptors (Lipinski definition) is 4. The Balaban J connectivity index is 1.31. The van der Waals surface area contributed by atoms with Gasteiger partial charge in [-0.05, 0) is 94.5 Å². The lowest BCUT2D eigenvalue weighted by atomic mass is 9.68. The smallest absolute Gasteiger partial charge is 0.0612 e. The quantitative estimate of drug-likeness (QED) is 0.475. The summed E-state index contributed by atoms with van der Waals surface area (Å²) in [6.07, 6.45) is 6.05. The van der Waals surface area contributed by atoms with E-state index in [2.05, 4.69) is 94.9 Å². The monoisotopic (exact) mass is 569 g/mol. The molecule has 4 aliphatic rings. The van der Waals surface area contributed by atoms with Crippen LogP contribution >= 0.6 is 22.6 Å². The number of aryl methyl sites for hydroxylation is 1. The van der Waals surface area contributed by atoms with Gasteiger partial charge in [0.05, 0.1) is 19.3 Å². The number of nitrogens with one attached hydrogen (secondary N) is 1. The minimum atomic E-state index is 0.0248. The van der Waals surface area contributed by atoms with Crippen LogP contribution in [0.5, 0.6) is 0 Å². The van der Waals surface area contributed by atoms with Crippen molar-refractivity contribution < 1.29 is 4.74 Å². The summed E-state index contributed by atoms with van der Waals surface area (Å²) < 4.78 is 6.86. The molecule has 2 fully saturated rings. The van der Waals surface area contributed by atoms with Gasteiger partial charge in [0.2, 0.25) is 0 Å². The Morgan fingerprint density at radius 2 is 1.82 bits per heavy atom. The van der Waals surface area contributed by atoms with Crippen LogP contribution < -0.4 is 10.2 Å². The van der Waals surface area contributed by atoms with Crippen molar-refractivity contribution in [3.05, 3.63) is 56.2 Å². The summed E-state index contributed by atoms with van der Waals surface area (Å²) in [6.45, 7) is 13.5. The maximum atomic E-state index is 5.58. The number of hydrogen-bond donors (Lipinski definition) is 1. The maximum absolute atomic E-state index is 5.58. The normalized spacial score (nSPS) is 24.2. The Labute approximate surface area is 217 Å². The summed E-state index contributed by atoms with van der Waals surface area (Å²) in [6, 6.07) is 12.9. The molecule has 1 aliphatic carbocycles. The molecular formula is C29H36IN3O. The second-order valence-electron chi connectivity index (χ2n) is 10.9. The summed E-state index contributed by atoms with van der Waals surface area (Å²) in [4.78, 5) is 5.33. The number of fused-ring (bicyclic) bond motifs is 4. The number of rotatable bonds is 3. The Kier molecular flexibility index (Phi) is 5.93. The SMILES string of the molecule is CCc1cc2c(cc1N1CCC(N3CCOCC3)CC1)C(C)(C)C1Nc3cc(I)ccc3C1=C2. The number of ether oxygens (including phenoxy) is 1. The number of piperidine rings is 1.